The first kappa shape index (κ1) is 16.2. The molecule has 1 fully saturated rings. The van der Waals surface area contributed by atoms with Crippen LogP contribution in [-0.2, 0) is 16.6 Å². The van der Waals surface area contributed by atoms with E-state index < -0.39 is 0 Å². The Morgan fingerprint density at radius 1 is 1.22 bits per heavy atom. The summed E-state index contributed by atoms with van der Waals surface area (Å²) < 4.78 is 0. The Kier molecular flexibility index (Phi) is 5.11. The van der Waals surface area contributed by atoms with Crippen molar-refractivity contribution in [3.63, 3.8) is 0 Å². The van der Waals surface area contributed by atoms with E-state index in [1.54, 1.807) is 11.3 Å². The normalized spacial score (nSPS) is 16.9. The van der Waals surface area contributed by atoms with Gasteiger partial charge in [0.05, 0.1) is 17.1 Å². The van der Waals surface area contributed by atoms with Gasteiger partial charge in [0.1, 0.15) is 0 Å². The lowest BCUT2D eigenvalue weighted by atomic mass is 9.69. The molecule has 1 aliphatic carbocycles. The van der Waals surface area contributed by atoms with Crippen LogP contribution in [0.2, 0.25) is 0 Å². The summed E-state index contributed by atoms with van der Waals surface area (Å²) in [5, 5.41) is 6.16. The first-order valence-corrected chi connectivity index (χ1v) is 9.29. The molecule has 3 nitrogen and oxygen atoms in total. The van der Waals surface area contributed by atoms with Gasteiger partial charge in [0.2, 0.25) is 5.91 Å². The zero-order valence-electron chi connectivity index (χ0n) is 13.7. The molecule has 0 spiro atoms. The molecule has 2 aromatic rings. The molecular weight excluding hydrogens is 304 g/mol. The summed E-state index contributed by atoms with van der Waals surface area (Å²) in [5.41, 5.74) is 2.35. The summed E-state index contributed by atoms with van der Waals surface area (Å²) in [6.45, 7) is 2.71. The van der Waals surface area contributed by atoms with Crippen LogP contribution in [0, 0.1) is 6.92 Å². The average molecular weight is 328 g/mol. The number of nitrogens with zero attached hydrogens (tertiary/aromatic N) is 1. The smallest absolute Gasteiger partial charge is 0.226 e. The predicted octanol–water partition coefficient (Wildman–Crippen LogP) is 4.01. The van der Waals surface area contributed by atoms with Gasteiger partial charge in [-0.2, -0.15) is 0 Å². The van der Waals surface area contributed by atoms with Crippen LogP contribution in [0.1, 0.15) is 48.4 Å². The lowest BCUT2D eigenvalue weighted by Crippen LogP contribution is -2.42. The van der Waals surface area contributed by atoms with E-state index in [-0.39, 0.29) is 11.3 Å². The van der Waals surface area contributed by atoms with Crippen molar-refractivity contribution in [2.75, 3.05) is 6.54 Å². The highest BCUT2D eigenvalue weighted by molar-refractivity contribution is 7.09. The average Bonchev–Trinajstić information content (AvgIpc) is 2.99. The molecule has 3 rings (SSSR count). The largest absolute Gasteiger partial charge is 0.355 e. The molecule has 1 aliphatic rings. The number of aromatic nitrogens is 1. The number of nitrogens with one attached hydrogen (secondary N) is 1. The molecule has 0 unspecified atom stereocenters. The molecule has 1 amide bonds. The van der Waals surface area contributed by atoms with Gasteiger partial charge >= 0.3 is 0 Å². The highest BCUT2D eigenvalue weighted by Crippen LogP contribution is 2.38. The fraction of sp³-hybridized carbons (Fsp3) is 0.474. The van der Waals surface area contributed by atoms with Gasteiger partial charge in [0.25, 0.3) is 0 Å². The number of rotatable bonds is 5. The molecule has 1 saturated carbocycles. The molecule has 122 valence electrons. The third-order valence-electron chi connectivity index (χ3n) is 4.83. The minimum absolute atomic E-state index is 0.0798. The highest BCUT2D eigenvalue weighted by Gasteiger charge is 2.34. The Labute approximate surface area is 142 Å². The molecule has 1 N–H and O–H groups in total. The van der Waals surface area contributed by atoms with Crippen molar-refractivity contribution >= 4 is 17.2 Å². The van der Waals surface area contributed by atoms with Crippen LogP contribution in [0.5, 0.6) is 0 Å². The summed E-state index contributed by atoms with van der Waals surface area (Å²) in [5.74, 6) is 0.0798. The third kappa shape index (κ3) is 3.99. The molecule has 1 aromatic carbocycles. The topological polar surface area (TPSA) is 42.0 Å². The molecule has 0 bridgehead atoms. The van der Waals surface area contributed by atoms with Crippen LogP contribution in [0.3, 0.4) is 0 Å². The van der Waals surface area contributed by atoms with E-state index in [0.29, 0.717) is 6.42 Å². The van der Waals surface area contributed by atoms with Crippen molar-refractivity contribution in [2.45, 2.75) is 50.9 Å². The summed E-state index contributed by atoms with van der Waals surface area (Å²) >= 11 is 1.60. The Morgan fingerprint density at radius 3 is 2.61 bits per heavy atom. The summed E-state index contributed by atoms with van der Waals surface area (Å²) in [4.78, 5) is 16.7. The maximum absolute atomic E-state index is 12.3. The standard InChI is InChI=1S/C19H24N2OS/c1-15-21-17(13-23-15)12-18(22)20-14-19(10-6-3-7-11-19)16-8-4-2-5-9-16/h2,4-5,8-9,13H,3,6-7,10-12,14H2,1H3,(H,20,22). The second kappa shape index (κ2) is 7.26. The van der Waals surface area contributed by atoms with Crippen LogP contribution < -0.4 is 5.32 Å². The number of thiazole rings is 1. The Morgan fingerprint density at radius 2 is 1.96 bits per heavy atom. The van der Waals surface area contributed by atoms with Gasteiger partial charge in [-0.1, -0.05) is 49.6 Å². The number of hydrogen-bond donors (Lipinski definition) is 1. The Balaban J connectivity index is 1.66. The Hall–Kier alpha value is -1.68. The molecule has 1 heterocycles. The van der Waals surface area contributed by atoms with E-state index in [2.05, 4.69) is 40.6 Å². The quantitative estimate of drug-likeness (QED) is 0.901. The maximum Gasteiger partial charge on any atom is 0.226 e. The van der Waals surface area contributed by atoms with Gasteiger partial charge in [-0.05, 0) is 25.3 Å². The molecule has 23 heavy (non-hydrogen) atoms. The van der Waals surface area contributed by atoms with Crippen LogP contribution >= 0.6 is 11.3 Å². The minimum atomic E-state index is 0.0798. The van der Waals surface area contributed by atoms with Crippen molar-refractivity contribution in [2.24, 2.45) is 0 Å². The molecule has 0 aliphatic heterocycles. The van der Waals surface area contributed by atoms with E-state index in [9.17, 15) is 4.79 Å². The zero-order valence-corrected chi connectivity index (χ0v) is 14.5. The van der Waals surface area contributed by atoms with Crippen molar-refractivity contribution < 1.29 is 4.79 Å². The SMILES string of the molecule is Cc1nc(CC(=O)NCC2(c3ccccc3)CCCCC2)cs1. The molecule has 0 atom stereocenters. The molecule has 4 heteroatoms. The van der Waals surface area contributed by atoms with Crippen molar-refractivity contribution in [1.82, 2.24) is 10.3 Å². The van der Waals surface area contributed by atoms with E-state index in [1.165, 1.54) is 24.8 Å². The van der Waals surface area contributed by atoms with Gasteiger partial charge in [0.15, 0.2) is 0 Å². The first-order valence-electron chi connectivity index (χ1n) is 8.41. The van der Waals surface area contributed by atoms with Crippen LogP contribution in [-0.4, -0.2) is 17.4 Å². The number of carbonyl (C=O) groups excluding carboxylic acids is 1. The lowest BCUT2D eigenvalue weighted by Gasteiger charge is -2.38. The van der Waals surface area contributed by atoms with Crippen LogP contribution in [0.25, 0.3) is 0 Å². The number of hydrogen-bond acceptors (Lipinski definition) is 3. The van der Waals surface area contributed by atoms with Crippen molar-refractivity contribution in [3.8, 4) is 0 Å². The first-order chi connectivity index (χ1) is 11.2. The van der Waals surface area contributed by atoms with E-state index in [4.69, 9.17) is 0 Å². The number of amides is 1. The second-order valence-corrected chi connectivity index (χ2v) is 7.58. The fourth-order valence-corrected chi connectivity index (χ4v) is 4.18. The molecule has 1 aromatic heterocycles. The van der Waals surface area contributed by atoms with Gasteiger partial charge in [-0.25, -0.2) is 4.98 Å². The molecule has 0 radical (unpaired) electrons. The summed E-state index contributed by atoms with van der Waals surface area (Å²) in [6.07, 6.45) is 6.50. The fourth-order valence-electron chi connectivity index (χ4n) is 3.57. The number of aryl methyl sites for hydroxylation is 1. The predicted molar refractivity (Wildman–Crippen MR) is 94.8 cm³/mol. The van der Waals surface area contributed by atoms with Gasteiger partial charge in [-0.3, -0.25) is 4.79 Å². The van der Waals surface area contributed by atoms with Crippen molar-refractivity contribution in [3.05, 3.63) is 52.0 Å². The van der Waals surface area contributed by atoms with Crippen molar-refractivity contribution in [1.29, 1.82) is 0 Å². The second-order valence-electron chi connectivity index (χ2n) is 6.52. The summed E-state index contributed by atoms with van der Waals surface area (Å²) in [7, 11) is 0. The van der Waals surface area contributed by atoms with Gasteiger partial charge in [0, 0.05) is 17.3 Å². The number of carbonyl (C=O) groups is 1. The number of benzene rings is 1. The van der Waals surface area contributed by atoms with Gasteiger partial charge in [-0.15, -0.1) is 11.3 Å². The van der Waals surface area contributed by atoms with Gasteiger partial charge < -0.3 is 5.32 Å². The Bertz CT molecular complexity index is 644. The highest BCUT2D eigenvalue weighted by atomic mass is 32.1. The molecule has 0 saturated heterocycles. The summed E-state index contributed by atoms with van der Waals surface area (Å²) in [6, 6.07) is 10.7. The zero-order chi connectivity index (χ0) is 16.1. The van der Waals surface area contributed by atoms with E-state index in [0.717, 1.165) is 30.1 Å². The maximum atomic E-state index is 12.3. The minimum Gasteiger partial charge on any atom is -0.355 e. The van der Waals surface area contributed by atoms with E-state index in [1.807, 2.05) is 12.3 Å². The van der Waals surface area contributed by atoms with Crippen LogP contribution in [0.4, 0.5) is 0 Å². The van der Waals surface area contributed by atoms with Crippen LogP contribution in [0.15, 0.2) is 35.7 Å². The molecular formula is C19H24N2OS. The monoisotopic (exact) mass is 328 g/mol. The lowest BCUT2D eigenvalue weighted by molar-refractivity contribution is -0.120. The third-order valence-corrected chi connectivity index (χ3v) is 5.65. The van der Waals surface area contributed by atoms with E-state index >= 15 is 0 Å².